The van der Waals surface area contributed by atoms with Gasteiger partial charge in [0.15, 0.2) is 23.0 Å². The second-order valence-corrected chi connectivity index (χ2v) is 20.0. The molecule has 0 saturated carbocycles. The van der Waals surface area contributed by atoms with Gasteiger partial charge in [0.2, 0.25) is 0 Å². The zero-order valence-corrected chi connectivity index (χ0v) is 47.0. The number of hydrogen-bond acceptors (Lipinski definition) is 12. The lowest BCUT2D eigenvalue weighted by molar-refractivity contribution is 0.0530. The fraction of sp³-hybridized carbons (Fsp3) is 0.303. The summed E-state index contributed by atoms with van der Waals surface area (Å²) in [6.07, 6.45) is -1.57. The molecule has 80 heavy (non-hydrogen) atoms. The number of carboxylic acid groups (broad SMARTS) is 2. The van der Waals surface area contributed by atoms with E-state index in [4.69, 9.17) is 47.4 Å². The topological polar surface area (TPSA) is 167 Å². The molecule has 0 aliphatic heterocycles. The molecule has 8 aromatic rings. The van der Waals surface area contributed by atoms with Crippen LogP contribution in [0.25, 0.3) is 32.7 Å². The molecule has 8 aromatic carbocycles. The van der Waals surface area contributed by atoms with Gasteiger partial charge in [0.1, 0.15) is 47.3 Å². The normalized spacial score (nSPS) is 12.1. The van der Waals surface area contributed by atoms with Crippen molar-refractivity contribution in [2.75, 3.05) is 28.4 Å². The minimum absolute atomic E-state index is 0.0348. The lowest BCUT2D eigenvalue weighted by atomic mass is 9.84. The summed E-state index contributed by atoms with van der Waals surface area (Å²) in [4.78, 5) is 28.6. The molecule has 2 atom stereocenters. The lowest BCUT2D eigenvalue weighted by Crippen LogP contribution is -2.17. The molecule has 0 aliphatic carbocycles. The number of ether oxygens (including phenoxy) is 10. The zero-order chi connectivity index (χ0) is 57.0. The van der Waals surface area contributed by atoms with Gasteiger partial charge in [-0.3, -0.25) is 0 Å². The first-order valence-corrected chi connectivity index (χ1v) is 26.7. The molecule has 0 fully saturated rings. The lowest BCUT2D eigenvalue weighted by Gasteiger charge is -2.29. The monoisotopic (exact) mass is 1090 g/mol. The summed E-state index contributed by atoms with van der Waals surface area (Å²) in [7, 11) is 5.82. The molecule has 14 heteroatoms. The Bertz CT molecular complexity index is 3190. The van der Waals surface area contributed by atoms with Gasteiger partial charge in [0.25, 0.3) is 0 Å². The Balaban J connectivity index is 1.57. The van der Waals surface area contributed by atoms with Crippen molar-refractivity contribution in [3.05, 3.63) is 178 Å². The summed E-state index contributed by atoms with van der Waals surface area (Å²) in [5, 5.41) is 24.4. The van der Waals surface area contributed by atoms with E-state index in [1.165, 1.54) is 28.4 Å². The van der Waals surface area contributed by atoms with E-state index < -0.39 is 36.4 Å². The first kappa shape index (κ1) is 57.7. The van der Waals surface area contributed by atoms with Crippen LogP contribution in [-0.2, 0) is 48.7 Å². The highest BCUT2D eigenvalue weighted by molar-refractivity contribution is 6.22. The smallest absolute Gasteiger partial charge is 0.343 e. The van der Waals surface area contributed by atoms with E-state index in [1.54, 1.807) is 27.7 Å². The molecule has 0 spiro atoms. The zero-order valence-electron chi connectivity index (χ0n) is 47.0. The van der Waals surface area contributed by atoms with Crippen LogP contribution in [0.15, 0.2) is 133 Å². The predicted molar refractivity (Wildman–Crippen MR) is 309 cm³/mol. The van der Waals surface area contributed by atoms with E-state index in [0.717, 1.165) is 22.3 Å². The Morgan fingerprint density at radius 2 is 0.700 bits per heavy atom. The van der Waals surface area contributed by atoms with Crippen molar-refractivity contribution in [2.24, 2.45) is 0 Å². The van der Waals surface area contributed by atoms with Gasteiger partial charge in [-0.2, -0.15) is 0 Å². The van der Waals surface area contributed by atoms with Gasteiger partial charge in [0.05, 0.1) is 76.8 Å². The van der Waals surface area contributed by atoms with Gasteiger partial charge < -0.3 is 57.6 Å². The van der Waals surface area contributed by atoms with Gasteiger partial charge in [0, 0.05) is 45.9 Å². The Kier molecular flexibility index (Phi) is 19.1. The Morgan fingerprint density at radius 1 is 0.400 bits per heavy atom. The summed E-state index contributed by atoms with van der Waals surface area (Å²) in [6.45, 7) is 11.8. The Hall–Kier alpha value is -8.46. The van der Waals surface area contributed by atoms with E-state index in [-0.39, 0.29) is 93.6 Å². The fourth-order valence-corrected chi connectivity index (χ4v) is 10.0. The van der Waals surface area contributed by atoms with Crippen LogP contribution < -0.4 is 37.9 Å². The molecule has 0 unspecified atom stereocenters. The minimum atomic E-state index is -1.40. The molecule has 14 nitrogen and oxygen atoms in total. The van der Waals surface area contributed by atoms with Gasteiger partial charge >= 0.3 is 11.9 Å². The van der Waals surface area contributed by atoms with Crippen LogP contribution in [0, 0.1) is 0 Å². The largest absolute Gasteiger partial charge is 0.495 e. The van der Waals surface area contributed by atoms with Crippen molar-refractivity contribution in [3.63, 3.8) is 0 Å². The summed E-state index contributed by atoms with van der Waals surface area (Å²) in [5.74, 6) is -2.30. The van der Waals surface area contributed by atoms with Crippen molar-refractivity contribution in [1.82, 2.24) is 0 Å². The van der Waals surface area contributed by atoms with Crippen LogP contribution in [0.3, 0.4) is 0 Å². The summed E-state index contributed by atoms with van der Waals surface area (Å²) in [5.41, 5.74) is 4.42. The highest BCUT2D eigenvalue weighted by Gasteiger charge is 2.38. The SMILES string of the molecule is COc1c(C[C@@H](C)OCc2ccccc2)cc2c(-c3c(OC(C)C)c(C(=O)O)c(OC)c4c(OCc5ccccc5)c(OC)c(C[C@@H](C)OCc5ccccc5)cc34)c(OC(C)C)c(C(=O)O)c(OC)c2c1OCc1ccccc1. The third-order valence-electron chi connectivity index (χ3n) is 13.4. The van der Waals surface area contributed by atoms with E-state index in [0.29, 0.717) is 46.6 Å². The van der Waals surface area contributed by atoms with E-state index in [2.05, 4.69) is 0 Å². The summed E-state index contributed by atoms with van der Waals surface area (Å²) in [6, 6.07) is 42.5. The average molecular weight is 1090 g/mol. The van der Waals surface area contributed by atoms with E-state index in [1.807, 2.05) is 147 Å². The number of carbonyl (C=O) groups is 2. The van der Waals surface area contributed by atoms with Crippen molar-refractivity contribution >= 4 is 33.5 Å². The standard InChI is InChI=1S/C66H70O14/c1-39(2)79-61-51(49-33-47(31-41(5)75-35-43-23-15-11-16-24-43)57(71-7)63(77-37-45-27-19-13-20-28-45)53(49)59(73-9)55(61)65(67)68)52-50-34-48(32-42(6)76-36-44-25-17-12-18-26-44)58(72-8)64(78-38-46-29-21-14-22-30-46)54(50)60(74-10)56(66(69)70)62(52)80-40(3)4/h11-30,33-34,39-42H,31-32,35-38H2,1-10H3,(H,67,68)(H,69,70)/t41-,42-/m1/s1. The van der Waals surface area contributed by atoms with Gasteiger partial charge in [-0.1, -0.05) is 121 Å². The number of methoxy groups -OCH3 is 4. The molecule has 0 bridgehead atoms. The molecule has 0 saturated heterocycles. The number of hydrogen-bond donors (Lipinski definition) is 2. The van der Waals surface area contributed by atoms with Crippen LogP contribution in [0.5, 0.6) is 46.0 Å². The number of fused-ring (bicyclic) bond motifs is 2. The highest BCUT2D eigenvalue weighted by Crippen LogP contribution is 2.60. The van der Waals surface area contributed by atoms with Crippen LogP contribution in [0.2, 0.25) is 0 Å². The summed E-state index contributed by atoms with van der Waals surface area (Å²) >= 11 is 0. The Morgan fingerprint density at radius 3 is 0.975 bits per heavy atom. The van der Waals surface area contributed by atoms with Gasteiger partial charge in [-0.15, -0.1) is 0 Å². The van der Waals surface area contributed by atoms with Crippen LogP contribution in [0.4, 0.5) is 0 Å². The van der Waals surface area contributed by atoms with Crippen LogP contribution >= 0.6 is 0 Å². The number of aromatic carboxylic acids is 2. The minimum Gasteiger partial charge on any atom is -0.495 e. The quantitative estimate of drug-likeness (QED) is 0.0499. The van der Waals surface area contributed by atoms with E-state index >= 15 is 0 Å². The molecule has 2 N–H and O–H groups in total. The maximum atomic E-state index is 14.3. The number of rotatable bonds is 27. The molecule has 0 heterocycles. The average Bonchev–Trinajstić information content (AvgIpc) is 3.64. The first-order chi connectivity index (χ1) is 38.7. The number of benzene rings is 8. The molecule has 0 amide bonds. The van der Waals surface area contributed by atoms with E-state index in [9.17, 15) is 19.8 Å². The second kappa shape index (κ2) is 26.5. The van der Waals surface area contributed by atoms with Gasteiger partial charge in [-0.05, 0) is 75.9 Å². The van der Waals surface area contributed by atoms with Crippen molar-refractivity contribution in [1.29, 1.82) is 0 Å². The number of carboxylic acids is 2. The summed E-state index contributed by atoms with van der Waals surface area (Å²) < 4.78 is 65.6. The molecular formula is C66H70O14. The van der Waals surface area contributed by atoms with Crippen LogP contribution in [0.1, 0.15) is 95.6 Å². The molecule has 0 radical (unpaired) electrons. The molecule has 0 aliphatic rings. The molecule has 418 valence electrons. The first-order valence-electron chi connectivity index (χ1n) is 26.7. The third-order valence-corrected chi connectivity index (χ3v) is 13.4. The van der Waals surface area contributed by atoms with Gasteiger partial charge in [-0.25, -0.2) is 9.59 Å². The van der Waals surface area contributed by atoms with Crippen molar-refractivity contribution < 1.29 is 67.2 Å². The van der Waals surface area contributed by atoms with Crippen molar-refractivity contribution in [2.45, 2.75) is 105 Å². The third kappa shape index (κ3) is 12.8. The molecular weight excluding hydrogens is 1020 g/mol. The highest BCUT2D eigenvalue weighted by atomic mass is 16.5. The molecule has 8 rings (SSSR count). The predicted octanol–water partition coefficient (Wildman–Crippen LogP) is 14.1. The maximum absolute atomic E-state index is 14.3. The fourth-order valence-electron chi connectivity index (χ4n) is 10.0. The second-order valence-electron chi connectivity index (χ2n) is 20.0. The maximum Gasteiger partial charge on any atom is 0.343 e. The molecule has 0 aromatic heterocycles. The van der Waals surface area contributed by atoms with Crippen LogP contribution in [-0.4, -0.2) is 75.0 Å². The van der Waals surface area contributed by atoms with Crippen molar-refractivity contribution in [3.8, 4) is 57.1 Å². The Labute approximate surface area is 467 Å².